The molecule has 1 aromatic carbocycles. The molecule has 1 aromatic heterocycles. The fourth-order valence-electron chi connectivity index (χ4n) is 1.84. The Morgan fingerprint density at radius 1 is 1.40 bits per heavy atom. The molecule has 0 radical (unpaired) electrons. The Balaban J connectivity index is 1.73. The molecular weight excluding hydrogens is 283 g/mol. The molecule has 1 aliphatic carbocycles. The van der Waals surface area contributed by atoms with Gasteiger partial charge in [-0.1, -0.05) is 11.6 Å². The zero-order valence-corrected chi connectivity index (χ0v) is 11.2. The smallest absolute Gasteiger partial charge is 0.274 e. The number of nitrogens with one attached hydrogen (secondary N) is 2. The van der Waals surface area contributed by atoms with Gasteiger partial charge in [0.15, 0.2) is 5.82 Å². The standard InChI is InChI=1S/C13H12ClFN4O/c14-10(15)13(20)16-9-5-3-8(4-6-9)12-17-11(18-19-12)7-1-2-7/h3-7,10H,1-2H2,(H,16,20)(H,17,18,19). The van der Waals surface area contributed by atoms with Crippen LogP contribution in [0, 0.1) is 0 Å². The maximum atomic E-state index is 12.5. The van der Waals surface area contributed by atoms with Crippen molar-refractivity contribution < 1.29 is 9.18 Å². The summed E-state index contributed by atoms with van der Waals surface area (Å²) in [4.78, 5) is 15.5. The summed E-state index contributed by atoms with van der Waals surface area (Å²) in [5.41, 5.74) is -0.752. The lowest BCUT2D eigenvalue weighted by Gasteiger charge is -2.04. The molecule has 1 amide bonds. The number of aromatic amines is 1. The minimum Gasteiger partial charge on any atom is -0.322 e. The summed E-state index contributed by atoms with van der Waals surface area (Å²) in [6.07, 6.45) is 2.31. The summed E-state index contributed by atoms with van der Waals surface area (Å²) in [6.45, 7) is 0. The number of benzene rings is 1. The lowest BCUT2D eigenvalue weighted by molar-refractivity contribution is -0.118. The lowest BCUT2D eigenvalue weighted by Crippen LogP contribution is -2.19. The number of halogens is 2. The van der Waals surface area contributed by atoms with Gasteiger partial charge in [0.05, 0.1) is 0 Å². The fraction of sp³-hybridized carbons (Fsp3) is 0.308. The van der Waals surface area contributed by atoms with Crippen LogP contribution in [-0.4, -0.2) is 26.7 Å². The molecule has 2 N–H and O–H groups in total. The summed E-state index contributed by atoms with van der Waals surface area (Å²) in [5, 5.41) is 9.45. The Bertz CT molecular complexity index is 622. The van der Waals surface area contributed by atoms with E-state index in [-0.39, 0.29) is 0 Å². The summed E-state index contributed by atoms with van der Waals surface area (Å²) >= 11 is 5.04. The highest BCUT2D eigenvalue weighted by Crippen LogP contribution is 2.38. The van der Waals surface area contributed by atoms with Crippen molar-refractivity contribution in [2.24, 2.45) is 0 Å². The summed E-state index contributed by atoms with van der Waals surface area (Å²) < 4.78 is 12.5. The second kappa shape index (κ2) is 5.20. The molecule has 7 heteroatoms. The van der Waals surface area contributed by atoms with E-state index in [2.05, 4.69) is 20.5 Å². The van der Waals surface area contributed by atoms with E-state index >= 15 is 0 Å². The van der Waals surface area contributed by atoms with Gasteiger partial charge in [0, 0.05) is 17.2 Å². The molecule has 1 heterocycles. The number of carbonyl (C=O) groups is 1. The van der Waals surface area contributed by atoms with Gasteiger partial charge in [-0.25, -0.2) is 9.37 Å². The number of hydrogen-bond donors (Lipinski definition) is 2. The fourth-order valence-corrected chi connectivity index (χ4v) is 1.90. The number of anilines is 1. The van der Waals surface area contributed by atoms with E-state index in [0.717, 1.165) is 24.2 Å². The van der Waals surface area contributed by atoms with E-state index < -0.39 is 11.5 Å². The molecule has 0 spiro atoms. The normalized spacial score (nSPS) is 15.9. The molecule has 0 aliphatic heterocycles. The molecule has 1 unspecified atom stereocenters. The van der Waals surface area contributed by atoms with Crippen LogP contribution in [0.2, 0.25) is 0 Å². The van der Waals surface area contributed by atoms with E-state index in [4.69, 9.17) is 11.6 Å². The monoisotopic (exact) mass is 294 g/mol. The second-order valence-corrected chi connectivity index (χ2v) is 5.07. The Kier molecular flexibility index (Phi) is 3.40. The number of hydrogen-bond acceptors (Lipinski definition) is 3. The summed E-state index contributed by atoms with van der Waals surface area (Å²) in [7, 11) is 0. The van der Waals surface area contributed by atoms with Crippen molar-refractivity contribution in [3.05, 3.63) is 30.1 Å². The average molecular weight is 295 g/mol. The SMILES string of the molecule is O=C(Nc1ccc(-c2n[nH]c(C3CC3)n2)cc1)C(F)Cl. The van der Waals surface area contributed by atoms with Gasteiger partial charge in [0.2, 0.25) is 0 Å². The molecule has 1 atom stereocenters. The van der Waals surface area contributed by atoms with Crippen LogP contribution in [0.5, 0.6) is 0 Å². The van der Waals surface area contributed by atoms with Crippen LogP contribution in [0.3, 0.4) is 0 Å². The van der Waals surface area contributed by atoms with Crippen molar-refractivity contribution >= 4 is 23.2 Å². The number of nitrogens with zero attached hydrogens (tertiary/aromatic N) is 2. The van der Waals surface area contributed by atoms with Crippen LogP contribution in [0.15, 0.2) is 24.3 Å². The van der Waals surface area contributed by atoms with E-state index in [1.165, 1.54) is 0 Å². The molecular formula is C13H12ClFN4O. The highest BCUT2D eigenvalue weighted by atomic mass is 35.5. The first kappa shape index (κ1) is 13.1. The van der Waals surface area contributed by atoms with E-state index in [1.54, 1.807) is 24.3 Å². The maximum absolute atomic E-state index is 12.5. The lowest BCUT2D eigenvalue weighted by atomic mass is 10.2. The zero-order valence-electron chi connectivity index (χ0n) is 10.4. The van der Waals surface area contributed by atoms with Gasteiger partial charge in [-0.3, -0.25) is 9.89 Å². The van der Waals surface area contributed by atoms with Gasteiger partial charge >= 0.3 is 0 Å². The molecule has 2 aromatic rings. The third kappa shape index (κ3) is 2.80. The average Bonchev–Trinajstić information content (AvgIpc) is 3.17. The first-order valence-corrected chi connectivity index (χ1v) is 6.69. The van der Waals surface area contributed by atoms with Crippen LogP contribution in [0.4, 0.5) is 10.1 Å². The highest BCUT2D eigenvalue weighted by Gasteiger charge is 2.27. The Morgan fingerprint density at radius 2 is 2.10 bits per heavy atom. The van der Waals surface area contributed by atoms with Gasteiger partial charge in [-0.2, -0.15) is 5.10 Å². The molecule has 0 bridgehead atoms. The van der Waals surface area contributed by atoms with Crippen LogP contribution >= 0.6 is 11.6 Å². The Hall–Kier alpha value is -1.95. The van der Waals surface area contributed by atoms with Crippen molar-refractivity contribution in [3.63, 3.8) is 0 Å². The molecule has 20 heavy (non-hydrogen) atoms. The minimum absolute atomic E-state index is 0.472. The quantitative estimate of drug-likeness (QED) is 0.852. The van der Waals surface area contributed by atoms with Crippen LogP contribution < -0.4 is 5.32 Å². The van der Waals surface area contributed by atoms with Crippen molar-refractivity contribution in [3.8, 4) is 11.4 Å². The topological polar surface area (TPSA) is 70.7 Å². The molecule has 1 aliphatic rings. The van der Waals surface area contributed by atoms with E-state index in [0.29, 0.717) is 17.4 Å². The van der Waals surface area contributed by atoms with Crippen LogP contribution in [-0.2, 0) is 4.79 Å². The molecule has 5 nitrogen and oxygen atoms in total. The third-order valence-corrected chi connectivity index (χ3v) is 3.27. The van der Waals surface area contributed by atoms with Crippen LogP contribution in [0.25, 0.3) is 11.4 Å². The minimum atomic E-state index is -2.05. The number of carbonyl (C=O) groups excluding carboxylic acids is 1. The van der Waals surface area contributed by atoms with E-state index in [1.807, 2.05) is 0 Å². The number of aromatic nitrogens is 3. The molecule has 0 saturated heterocycles. The van der Waals surface area contributed by atoms with Gasteiger partial charge in [0.25, 0.3) is 11.5 Å². The van der Waals surface area contributed by atoms with Gasteiger partial charge in [0.1, 0.15) is 5.82 Å². The molecule has 3 rings (SSSR count). The van der Waals surface area contributed by atoms with Gasteiger partial charge in [-0.05, 0) is 37.1 Å². The maximum Gasteiger partial charge on any atom is 0.274 e. The summed E-state index contributed by atoms with van der Waals surface area (Å²) in [6, 6.07) is 6.83. The second-order valence-electron chi connectivity index (χ2n) is 4.69. The Morgan fingerprint density at radius 3 is 2.70 bits per heavy atom. The zero-order chi connectivity index (χ0) is 14.1. The molecule has 104 valence electrons. The number of alkyl halides is 2. The Labute approximate surface area is 119 Å². The van der Waals surface area contributed by atoms with Crippen molar-refractivity contribution in [2.45, 2.75) is 24.4 Å². The number of rotatable bonds is 4. The predicted molar refractivity (Wildman–Crippen MR) is 73.2 cm³/mol. The predicted octanol–water partition coefficient (Wildman–Crippen LogP) is 2.82. The third-order valence-electron chi connectivity index (χ3n) is 3.08. The number of amides is 1. The van der Waals surface area contributed by atoms with Gasteiger partial charge < -0.3 is 5.32 Å². The van der Waals surface area contributed by atoms with Crippen LogP contribution in [0.1, 0.15) is 24.6 Å². The first-order valence-electron chi connectivity index (χ1n) is 6.25. The van der Waals surface area contributed by atoms with Crippen molar-refractivity contribution in [1.29, 1.82) is 0 Å². The molecule has 1 saturated carbocycles. The molecule has 1 fully saturated rings. The summed E-state index contributed by atoms with van der Waals surface area (Å²) in [5.74, 6) is 1.17. The largest absolute Gasteiger partial charge is 0.322 e. The van der Waals surface area contributed by atoms with Gasteiger partial charge in [-0.15, -0.1) is 0 Å². The van der Waals surface area contributed by atoms with Crippen molar-refractivity contribution in [1.82, 2.24) is 15.2 Å². The van der Waals surface area contributed by atoms with E-state index in [9.17, 15) is 9.18 Å². The van der Waals surface area contributed by atoms with Crippen molar-refractivity contribution in [2.75, 3.05) is 5.32 Å². The number of H-pyrrole nitrogens is 1. The first-order chi connectivity index (χ1) is 9.63. The highest BCUT2D eigenvalue weighted by molar-refractivity contribution is 6.31.